The van der Waals surface area contributed by atoms with Crippen LogP contribution in [0.1, 0.15) is 31.9 Å². The van der Waals surface area contributed by atoms with Gasteiger partial charge in [-0.2, -0.15) is 0 Å². The minimum Gasteiger partial charge on any atom is -0.488 e. The van der Waals surface area contributed by atoms with Gasteiger partial charge in [0.05, 0.1) is 0 Å². The summed E-state index contributed by atoms with van der Waals surface area (Å²) in [6.07, 6.45) is 0. The lowest BCUT2D eigenvalue weighted by Gasteiger charge is -2.22. The van der Waals surface area contributed by atoms with Gasteiger partial charge in [0.2, 0.25) is 0 Å². The molecular weight excluding hydrogens is 240 g/mol. The van der Waals surface area contributed by atoms with E-state index in [1.807, 2.05) is 0 Å². The molecule has 0 aliphatic carbocycles. The topological polar surface area (TPSA) is 9.23 Å². The number of hydrogen-bond donors (Lipinski definition) is 0. The molecule has 78 valence electrons. The smallest absolute Gasteiger partial charge is 0.120 e. The van der Waals surface area contributed by atoms with Crippen molar-refractivity contribution < 1.29 is 4.74 Å². The molecule has 0 N–H and O–H groups in total. The zero-order valence-electron chi connectivity index (χ0n) is 9.44. The second-order valence-corrected chi connectivity index (χ2v) is 5.38. The molecule has 0 aromatic heterocycles. The van der Waals surface area contributed by atoms with Crippen LogP contribution in [0.5, 0.6) is 5.75 Å². The summed E-state index contributed by atoms with van der Waals surface area (Å²) >= 11 is 3.54. The van der Waals surface area contributed by atoms with Crippen molar-refractivity contribution >= 4 is 15.9 Å². The minimum absolute atomic E-state index is 0.132. The Morgan fingerprint density at radius 2 is 1.50 bits per heavy atom. The van der Waals surface area contributed by atoms with Crippen molar-refractivity contribution in [3.8, 4) is 5.75 Å². The van der Waals surface area contributed by atoms with Crippen LogP contribution in [-0.2, 0) is 0 Å². The number of ether oxygens (including phenoxy) is 1. The first-order valence-corrected chi connectivity index (χ1v) is 5.54. The summed E-state index contributed by atoms with van der Waals surface area (Å²) < 4.78 is 6.96. The van der Waals surface area contributed by atoms with Gasteiger partial charge in [-0.15, -0.1) is 0 Å². The third-order valence-electron chi connectivity index (χ3n) is 1.83. The highest BCUT2D eigenvalue weighted by molar-refractivity contribution is 9.10. The summed E-state index contributed by atoms with van der Waals surface area (Å²) in [4.78, 5) is 0. The Kier molecular flexibility index (Phi) is 3.25. The van der Waals surface area contributed by atoms with Crippen LogP contribution < -0.4 is 4.74 Å². The Bertz CT molecular complexity index is 314. The van der Waals surface area contributed by atoms with E-state index in [1.54, 1.807) is 0 Å². The molecular formula is C12H17BrO. The lowest BCUT2D eigenvalue weighted by molar-refractivity contribution is 0.131. The number of hydrogen-bond acceptors (Lipinski definition) is 1. The molecule has 1 nitrogen and oxygen atoms in total. The van der Waals surface area contributed by atoms with Crippen molar-refractivity contribution in [3.05, 3.63) is 27.7 Å². The van der Waals surface area contributed by atoms with Crippen molar-refractivity contribution in [3.63, 3.8) is 0 Å². The maximum atomic E-state index is 5.80. The van der Waals surface area contributed by atoms with Gasteiger partial charge in [0.15, 0.2) is 0 Å². The summed E-state index contributed by atoms with van der Waals surface area (Å²) in [5.74, 6) is 0.940. The predicted molar refractivity (Wildman–Crippen MR) is 64.0 cm³/mol. The van der Waals surface area contributed by atoms with E-state index >= 15 is 0 Å². The fourth-order valence-corrected chi connectivity index (χ4v) is 1.55. The number of rotatable bonds is 1. The summed E-state index contributed by atoms with van der Waals surface area (Å²) in [6, 6.07) is 4.12. The van der Waals surface area contributed by atoms with Gasteiger partial charge < -0.3 is 4.74 Å². The Morgan fingerprint density at radius 3 is 1.86 bits per heavy atom. The summed E-state index contributed by atoms with van der Waals surface area (Å²) in [6.45, 7) is 10.3. The van der Waals surface area contributed by atoms with Crippen molar-refractivity contribution in [2.24, 2.45) is 0 Å². The van der Waals surface area contributed by atoms with E-state index in [9.17, 15) is 0 Å². The quantitative estimate of drug-likeness (QED) is 0.731. The molecule has 14 heavy (non-hydrogen) atoms. The minimum atomic E-state index is -0.132. The normalized spacial score (nSPS) is 11.6. The molecule has 1 aromatic rings. The van der Waals surface area contributed by atoms with Crippen LogP contribution in [0.3, 0.4) is 0 Å². The molecule has 0 fully saturated rings. The van der Waals surface area contributed by atoms with E-state index in [-0.39, 0.29) is 5.60 Å². The van der Waals surface area contributed by atoms with Gasteiger partial charge in [-0.25, -0.2) is 0 Å². The second kappa shape index (κ2) is 3.93. The maximum absolute atomic E-state index is 5.80. The highest BCUT2D eigenvalue weighted by atomic mass is 79.9. The molecule has 0 radical (unpaired) electrons. The predicted octanol–water partition coefficient (Wildman–Crippen LogP) is 4.24. The Balaban J connectivity index is 3.02. The van der Waals surface area contributed by atoms with Crippen molar-refractivity contribution in [2.75, 3.05) is 0 Å². The highest BCUT2D eigenvalue weighted by Crippen LogP contribution is 2.28. The summed E-state index contributed by atoms with van der Waals surface area (Å²) in [7, 11) is 0. The SMILES string of the molecule is Cc1cc(OC(C)(C)C)cc(C)c1Br. The van der Waals surface area contributed by atoms with Crippen LogP contribution in [0, 0.1) is 13.8 Å². The van der Waals surface area contributed by atoms with E-state index in [4.69, 9.17) is 4.74 Å². The zero-order chi connectivity index (χ0) is 10.9. The average Bonchev–Trinajstić information content (AvgIpc) is 1.96. The van der Waals surface area contributed by atoms with Crippen molar-refractivity contribution in [1.29, 1.82) is 0 Å². The first-order chi connectivity index (χ1) is 6.29. The first-order valence-electron chi connectivity index (χ1n) is 4.75. The molecule has 1 rings (SSSR count). The molecule has 0 spiro atoms. The standard InChI is InChI=1S/C12H17BrO/c1-8-6-10(14-12(3,4)5)7-9(2)11(8)13/h6-7H,1-5H3. The summed E-state index contributed by atoms with van der Waals surface area (Å²) in [5, 5.41) is 0. The van der Waals surface area contributed by atoms with E-state index in [2.05, 4.69) is 62.7 Å². The van der Waals surface area contributed by atoms with Gasteiger partial charge in [0.25, 0.3) is 0 Å². The lowest BCUT2D eigenvalue weighted by atomic mass is 10.1. The van der Waals surface area contributed by atoms with Gasteiger partial charge >= 0.3 is 0 Å². The van der Waals surface area contributed by atoms with E-state index in [0.717, 1.165) is 5.75 Å². The number of benzene rings is 1. The highest BCUT2D eigenvalue weighted by Gasteiger charge is 2.12. The molecule has 0 heterocycles. The van der Waals surface area contributed by atoms with E-state index < -0.39 is 0 Å². The van der Waals surface area contributed by atoms with Crippen LogP contribution in [0.25, 0.3) is 0 Å². The Labute approximate surface area is 94.6 Å². The van der Waals surface area contributed by atoms with Crippen LogP contribution in [0.2, 0.25) is 0 Å². The van der Waals surface area contributed by atoms with Crippen LogP contribution in [0.4, 0.5) is 0 Å². The molecule has 0 saturated heterocycles. The fourth-order valence-electron chi connectivity index (χ4n) is 1.32. The van der Waals surface area contributed by atoms with Crippen molar-refractivity contribution in [2.45, 2.75) is 40.2 Å². The fraction of sp³-hybridized carbons (Fsp3) is 0.500. The van der Waals surface area contributed by atoms with Gasteiger partial charge in [-0.1, -0.05) is 15.9 Å². The molecule has 0 aliphatic rings. The lowest BCUT2D eigenvalue weighted by Crippen LogP contribution is -2.23. The molecule has 0 bridgehead atoms. The molecule has 2 heteroatoms. The van der Waals surface area contributed by atoms with Crippen LogP contribution in [0.15, 0.2) is 16.6 Å². The third-order valence-corrected chi connectivity index (χ3v) is 3.08. The van der Waals surface area contributed by atoms with Gasteiger partial charge in [-0.05, 0) is 57.9 Å². The van der Waals surface area contributed by atoms with Gasteiger partial charge in [0.1, 0.15) is 11.4 Å². The largest absolute Gasteiger partial charge is 0.488 e. The molecule has 1 aromatic carbocycles. The monoisotopic (exact) mass is 256 g/mol. The number of aryl methyl sites for hydroxylation is 2. The Hall–Kier alpha value is -0.500. The van der Waals surface area contributed by atoms with Crippen molar-refractivity contribution in [1.82, 2.24) is 0 Å². The maximum Gasteiger partial charge on any atom is 0.120 e. The molecule has 0 atom stereocenters. The van der Waals surface area contributed by atoms with Gasteiger partial charge in [-0.3, -0.25) is 0 Å². The molecule has 0 amide bonds. The first kappa shape index (κ1) is 11.6. The average molecular weight is 257 g/mol. The molecule has 0 saturated carbocycles. The Morgan fingerprint density at radius 1 is 1.07 bits per heavy atom. The molecule has 0 aliphatic heterocycles. The third kappa shape index (κ3) is 3.02. The van der Waals surface area contributed by atoms with Gasteiger partial charge in [0, 0.05) is 4.47 Å². The van der Waals surface area contributed by atoms with E-state index in [1.165, 1.54) is 15.6 Å². The van der Waals surface area contributed by atoms with Crippen LogP contribution in [-0.4, -0.2) is 5.60 Å². The van der Waals surface area contributed by atoms with Crippen LogP contribution >= 0.6 is 15.9 Å². The summed E-state index contributed by atoms with van der Waals surface area (Å²) in [5.41, 5.74) is 2.29. The number of halogens is 1. The van der Waals surface area contributed by atoms with E-state index in [0.29, 0.717) is 0 Å². The zero-order valence-corrected chi connectivity index (χ0v) is 11.0. The molecule has 0 unspecified atom stereocenters. The second-order valence-electron chi connectivity index (χ2n) is 4.59.